The first-order valence-corrected chi connectivity index (χ1v) is 7.29. The van der Waals surface area contributed by atoms with E-state index in [1.54, 1.807) is 0 Å². The average Bonchev–Trinajstić information content (AvgIpc) is 2.39. The van der Waals surface area contributed by atoms with Gasteiger partial charge >= 0.3 is 0 Å². The van der Waals surface area contributed by atoms with Crippen molar-refractivity contribution in [2.45, 2.75) is 13.8 Å². The molecule has 0 fully saturated rings. The number of amides is 1. The van der Waals surface area contributed by atoms with Gasteiger partial charge in [-0.25, -0.2) is 0 Å². The maximum atomic E-state index is 12.0. The Kier molecular flexibility index (Phi) is 3.26. The van der Waals surface area contributed by atoms with Gasteiger partial charge in [-0.1, -0.05) is 34.1 Å². The fraction of sp³-hybridized carbons (Fsp3) is 0.188. The molecule has 4 heteroatoms. The first kappa shape index (κ1) is 13.2. The Bertz CT molecular complexity index is 677. The zero-order valence-corrected chi connectivity index (χ0v) is 13.0. The van der Waals surface area contributed by atoms with Gasteiger partial charge in [-0.2, -0.15) is 0 Å². The van der Waals surface area contributed by atoms with E-state index >= 15 is 0 Å². The van der Waals surface area contributed by atoms with Crippen LogP contribution in [0.4, 0.5) is 17.1 Å². The van der Waals surface area contributed by atoms with E-state index in [2.05, 4.69) is 52.1 Å². The lowest BCUT2D eigenvalue weighted by Crippen LogP contribution is -2.35. The van der Waals surface area contributed by atoms with Gasteiger partial charge in [0.15, 0.2) is 0 Å². The highest BCUT2D eigenvalue weighted by Gasteiger charge is 2.25. The van der Waals surface area contributed by atoms with Crippen LogP contribution in [0.15, 0.2) is 40.9 Å². The van der Waals surface area contributed by atoms with Crippen LogP contribution in [0.5, 0.6) is 0 Å². The van der Waals surface area contributed by atoms with Crippen molar-refractivity contribution in [3.8, 4) is 0 Å². The normalized spacial score (nSPS) is 13.9. The Morgan fingerprint density at radius 1 is 1.15 bits per heavy atom. The standard InChI is InChI=1S/C16H15BrN2O/c1-10-4-3-5-11(2)16(10)19-9-15(20)18-13-7-6-12(17)8-14(13)19/h3-8H,9H2,1-2H3,(H,18,20). The lowest BCUT2D eigenvalue weighted by atomic mass is 10.1. The molecule has 0 saturated heterocycles. The molecule has 0 unspecified atom stereocenters. The fourth-order valence-corrected chi connectivity index (χ4v) is 3.03. The van der Waals surface area contributed by atoms with E-state index < -0.39 is 0 Å². The van der Waals surface area contributed by atoms with Crippen LogP contribution in [-0.4, -0.2) is 12.5 Å². The van der Waals surface area contributed by atoms with Crippen molar-refractivity contribution in [2.24, 2.45) is 0 Å². The van der Waals surface area contributed by atoms with E-state index in [1.165, 1.54) is 11.1 Å². The third-order valence-electron chi connectivity index (χ3n) is 3.54. The predicted octanol–water partition coefficient (Wildman–Crippen LogP) is 4.16. The molecule has 102 valence electrons. The highest BCUT2D eigenvalue weighted by atomic mass is 79.9. The fourth-order valence-electron chi connectivity index (χ4n) is 2.68. The summed E-state index contributed by atoms with van der Waals surface area (Å²) < 4.78 is 1.00. The summed E-state index contributed by atoms with van der Waals surface area (Å²) >= 11 is 3.50. The minimum atomic E-state index is 0.0162. The van der Waals surface area contributed by atoms with E-state index in [0.717, 1.165) is 21.5 Å². The van der Waals surface area contributed by atoms with Crippen LogP contribution in [0.25, 0.3) is 0 Å². The molecule has 3 nitrogen and oxygen atoms in total. The first-order chi connectivity index (χ1) is 9.56. The molecule has 1 heterocycles. The molecular weight excluding hydrogens is 316 g/mol. The van der Waals surface area contributed by atoms with E-state index in [0.29, 0.717) is 6.54 Å². The Labute approximate surface area is 126 Å². The van der Waals surface area contributed by atoms with Crippen molar-refractivity contribution >= 4 is 38.9 Å². The van der Waals surface area contributed by atoms with E-state index in [1.807, 2.05) is 24.3 Å². The number of carbonyl (C=O) groups excluding carboxylic acids is 1. The Morgan fingerprint density at radius 3 is 2.55 bits per heavy atom. The van der Waals surface area contributed by atoms with E-state index in [4.69, 9.17) is 0 Å². The molecule has 1 amide bonds. The van der Waals surface area contributed by atoms with Gasteiger partial charge in [-0.3, -0.25) is 4.79 Å². The van der Waals surface area contributed by atoms with Gasteiger partial charge in [0.1, 0.15) is 6.54 Å². The number of carbonyl (C=O) groups is 1. The van der Waals surface area contributed by atoms with Crippen molar-refractivity contribution in [3.05, 3.63) is 52.0 Å². The molecule has 0 aliphatic carbocycles. The number of anilines is 3. The lowest BCUT2D eigenvalue weighted by molar-refractivity contribution is -0.115. The minimum absolute atomic E-state index is 0.0162. The summed E-state index contributed by atoms with van der Waals surface area (Å²) in [5.41, 5.74) is 5.33. The van der Waals surface area contributed by atoms with Gasteiger partial charge in [-0.15, -0.1) is 0 Å². The SMILES string of the molecule is Cc1cccc(C)c1N1CC(=O)Nc2ccc(Br)cc21. The van der Waals surface area contributed by atoms with Crippen molar-refractivity contribution in [3.63, 3.8) is 0 Å². The molecule has 20 heavy (non-hydrogen) atoms. The van der Waals surface area contributed by atoms with Crippen molar-refractivity contribution in [2.75, 3.05) is 16.8 Å². The highest BCUT2D eigenvalue weighted by Crippen LogP contribution is 2.39. The average molecular weight is 331 g/mol. The van der Waals surface area contributed by atoms with Crippen LogP contribution in [0.1, 0.15) is 11.1 Å². The molecule has 0 bridgehead atoms. The Morgan fingerprint density at radius 2 is 1.85 bits per heavy atom. The monoisotopic (exact) mass is 330 g/mol. The van der Waals surface area contributed by atoms with Gasteiger partial charge in [-0.05, 0) is 43.2 Å². The number of hydrogen-bond acceptors (Lipinski definition) is 2. The minimum Gasteiger partial charge on any atom is -0.330 e. The number of rotatable bonds is 1. The van der Waals surface area contributed by atoms with Gasteiger partial charge in [0, 0.05) is 10.2 Å². The van der Waals surface area contributed by atoms with E-state index in [9.17, 15) is 4.79 Å². The molecular formula is C16H15BrN2O. The van der Waals surface area contributed by atoms with Crippen molar-refractivity contribution in [1.82, 2.24) is 0 Å². The van der Waals surface area contributed by atoms with Crippen LogP contribution in [0.3, 0.4) is 0 Å². The Balaban J connectivity index is 2.20. The molecule has 1 aliphatic heterocycles. The number of benzene rings is 2. The number of nitrogens with one attached hydrogen (secondary N) is 1. The summed E-state index contributed by atoms with van der Waals surface area (Å²) in [5.74, 6) is 0.0162. The summed E-state index contributed by atoms with van der Waals surface area (Å²) in [5, 5.41) is 2.92. The third kappa shape index (κ3) is 2.20. The van der Waals surface area contributed by atoms with Crippen LogP contribution in [0.2, 0.25) is 0 Å². The first-order valence-electron chi connectivity index (χ1n) is 6.49. The number of para-hydroxylation sites is 1. The van der Waals surface area contributed by atoms with Crippen LogP contribution in [-0.2, 0) is 4.79 Å². The van der Waals surface area contributed by atoms with Crippen molar-refractivity contribution in [1.29, 1.82) is 0 Å². The topological polar surface area (TPSA) is 32.3 Å². The van der Waals surface area contributed by atoms with Crippen LogP contribution >= 0.6 is 15.9 Å². The molecule has 0 spiro atoms. The second-order valence-electron chi connectivity index (χ2n) is 5.04. The summed E-state index contributed by atoms with van der Waals surface area (Å²) in [6.45, 7) is 4.49. The summed E-state index contributed by atoms with van der Waals surface area (Å²) in [6.07, 6.45) is 0. The number of fused-ring (bicyclic) bond motifs is 1. The number of aryl methyl sites for hydroxylation is 2. The summed E-state index contributed by atoms with van der Waals surface area (Å²) in [4.78, 5) is 14.0. The summed E-state index contributed by atoms with van der Waals surface area (Å²) in [6, 6.07) is 12.1. The molecule has 2 aromatic carbocycles. The number of hydrogen-bond donors (Lipinski definition) is 1. The van der Waals surface area contributed by atoms with Gasteiger partial charge in [0.05, 0.1) is 11.4 Å². The smallest absolute Gasteiger partial charge is 0.244 e. The molecule has 1 N–H and O–H groups in total. The molecule has 0 saturated carbocycles. The molecule has 1 aliphatic rings. The molecule has 0 radical (unpaired) electrons. The molecule has 0 atom stereocenters. The van der Waals surface area contributed by atoms with E-state index in [-0.39, 0.29) is 5.91 Å². The zero-order chi connectivity index (χ0) is 14.3. The number of nitrogens with zero attached hydrogens (tertiary/aromatic N) is 1. The van der Waals surface area contributed by atoms with Gasteiger partial charge in [0.2, 0.25) is 5.91 Å². The maximum absolute atomic E-state index is 12.0. The second kappa shape index (κ2) is 4.94. The Hall–Kier alpha value is -1.81. The third-order valence-corrected chi connectivity index (χ3v) is 4.03. The highest BCUT2D eigenvalue weighted by molar-refractivity contribution is 9.10. The summed E-state index contributed by atoms with van der Waals surface area (Å²) in [7, 11) is 0. The van der Waals surface area contributed by atoms with Crippen LogP contribution in [0, 0.1) is 13.8 Å². The predicted molar refractivity (Wildman–Crippen MR) is 85.7 cm³/mol. The van der Waals surface area contributed by atoms with Gasteiger partial charge in [0.25, 0.3) is 0 Å². The quantitative estimate of drug-likeness (QED) is 0.851. The largest absolute Gasteiger partial charge is 0.330 e. The maximum Gasteiger partial charge on any atom is 0.244 e. The van der Waals surface area contributed by atoms with Crippen LogP contribution < -0.4 is 10.2 Å². The van der Waals surface area contributed by atoms with Crippen molar-refractivity contribution < 1.29 is 4.79 Å². The number of halogens is 1. The molecule has 0 aromatic heterocycles. The lowest BCUT2D eigenvalue weighted by Gasteiger charge is -2.33. The molecule has 3 rings (SSSR count). The molecule has 2 aromatic rings. The second-order valence-corrected chi connectivity index (χ2v) is 5.95. The van der Waals surface area contributed by atoms with Gasteiger partial charge < -0.3 is 10.2 Å². The zero-order valence-electron chi connectivity index (χ0n) is 11.4.